The van der Waals surface area contributed by atoms with E-state index >= 15 is 0 Å². The summed E-state index contributed by atoms with van der Waals surface area (Å²) in [6.07, 6.45) is -1.01. The van der Waals surface area contributed by atoms with E-state index in [-0.39, 0.29) is 13.0 Å². The molecule has 0 atom stereocenters. The van der Waals surface area contributed by atoms with Gasteiger partial charge in [-0.05, 0) is 0 Å². The number of esters is 1. The predicted molar refractivity (Wildman–Crippen MR) is 42.5 cm³/mol. The average molecular weight is 222 g/mol. The van der Waals surface area contributed by atoms with E-state index in [4.69, 9.17) is 10.2 Å². The molecule has 0 heterocycles. The quantitative estimate of drug-likeness (QED) is 0.139. The number of hydrogen-bond donors (Lipinski definition) is 2. The summed E-state index contributed by atoms with van der Waals surface area (Å²) in [7, 11) is 0. The van der Waals surface area contributed by atoms with Crippen LogP contribution < -0.4 is 0 Å². The van der Waals surface area contributed by atoms with Gasteiger partial charge in [-0.1, -0.05) is 0 Å². The number of carboxylic acids is 2. The smallest absolute Gasteiger partial charge is 0.319 e. The van der Waals surface area contributed by atoms with Crippen LogP contribution in [0.5, 0.6) is 0 Å². The fourth-order valence-electron chi connectivity index (χ4n) is 0.486. The Morgan fingerprint density at radius 3 is 2.20 bits per heavy atom. The lowest BCUT2D eigenvalue weighted by Gasteiger charge is -2.03. The van der Waals surface area contributed by atoms with Crippen molar-refractivity contribution in [2.75, 3.05) is 13.4 Å². The fourth-order valence-corrected chi connectivity index (χ4v) is 0.486. The number of ether oxygens (including phenoxy) is 1. The van der Waals surface area contributed by atoms with Gasteiger partial charge in [-0.3, -0.25) is 14.4 Å². The van der Waals surface area contributed by atoms with Gasteiger partial charge in [-0.15, -0.1) is 0 Å². The Morgan fingerprint density at radius 2 is 1.67 bits per heavy atom. The van der Waals surface area contributed by atoms with Gasteiger partial charge < -0.3 is 14.9 Å². The van der Waals surface area contributed by atoms with Gasteiger partial charge in [-0.25, -0.2) is 4.89 Å². The molecule has 8 nitrogen and oxygen atoms in total. The summed E-state index contributed by atoms with van der Waals surface area (Å²) in [5.74, 6) is -3.34. The molecule has 0 saturated heterocycles. The summed E-state index contributed by atoms with van der Waals surface area (Å²) < 4.78 is 4.25. The zero-order chi connectivity index (χ0) is 11.7. The summed E-state index contributed by atoms with van der Waals surface area (Å²) >= 11 is 0. The van der Waals surface area contributed by atoms with Crippen molar-refractivity contribution in [3.05, 3.63) is 0 Å². The molecule has 0 saturated carbocycles. The lowest BCUT2D eigenvalue weighted by atomic mass is 10.4. The third-order valence-corrected chi connectivity index (χ3v) is 1.05. The third-order valence-electron chi connectivity index (χ3n) is 1.05. The first-order valence-corrected chi connectivity index (χ1v) is 3.86. The maximum Gasteiger partial charge on any atom is 0.319 e. The molecule has 0 rings (SSSR count). The number of rotatable bonds is 8. The predicted octanol–water partition coefficient (Wildman–Crippen LogP) is -0.615. The molecule has 0 aliphatic heterocycles. The van der Waals surface area contributed by atoms with Crippen molar-refractivity contribution in [3.8, 4) is 0 Å². The van der Waals surface area contributed by atoms with Crippen molar-refractivity contribution in [3.63, 3.8) is 0 Å². The molecule has 0 aliphatic rings. The van der Waals surface area contributed by atoms with E-state index in [1.165, 1.54) is 0 Å². The lowest BCUT2D eigenvalue weighted by molar-refractivity contribution is -0.330. The molecular formula is C7H10O8. The van der Waals surface area contributed by atoms with Crippen LogP contribution >= 0.6 is 0 Å². The molecule has 0 aromatic heterocycles. The highest BCUT2D eigenvalue weighted by Gasteiger charge is 2.08. The van der Waals surface area contributed by atoms with Gasteiger partial charge in [0.15, 0.2) is 0 Å². The summed E-state index contributed by atoms with van der Waals surface area (Å²) in [6.45, 7) is -0.766. The fraction of sp³-hybridized carbons (Fsp3) is 0.571. The van der Waals surface area contributed by atoms with Gasteiger partial charge in [0.1, 0.15) is 6.42 Å². The van der Waals surface area contributed by atoms with Crippen LogP contribution in [0.1, 0.15) is 12.8 Å². The minimum absolute atomic E-state index is 0.189. The first kappa shape index (κ1) is 13.3. The second kappa shape index (κ2) is 7.71. The molecule has 2 N–H and O–H groups in total. The molecule has 0 bridgehead atoms. The highest BCUT2D eigenvalue weighted by atomic mass is 17.2. The van der Waals surface area contributed by atoms with E-state index in [1.807, 2.05) is 0 Å². The minimum atomic E-state index is -1.31. The number of aliphatic carboxylic acids is 2. The van der Waals surface area contributed by atoms with Crippen molar-refractivity contribution in [1.29, 1.82) is 0 Å². The first-order valence-electron chi connectivity index (χ1n) is 3.86. The highest BCUT2D eigenvalue weighted by molar-refractivity contribution is 5.89. The maximum atomic E-state index is 10.6. The zero-order valence-corrected chi connectivity index (χ0v) is 7.67. The van der Waals surface area contributed by atoms with Crippen molar-refractivity contribution in [2.24, 2.45) is 0 Å². The minimum Gasteiger partial charge on any atom is -0.481 e. The second-order valence-corrected chi connectivity index (χ2v) is 2.29. The molecule has 86 valence electrons. The van der Waals surface area contributed by atoms with Gasteiger partial charge in [0.2, 0.25) is 6.79 Å². The topological polar surface area (TPSA) is 119 Å². The second-order valence-electron chi connectivity index (χ2n) is 2.29. The summed E-state index contributed by atoms with van der Waals surface area (Å²) in [5, 5.41) is 16.3. The molecule has 0 aromatic rings. The standard InChI is InChI=1S/C7H10O8/c8-5(9)1-2-14-15-4-13-7(12)3-6(10)11/h1-4H2,(H,8,9)(H,10,11). The van der Waals surface area contributed by atoms with Crippen LogP contribution in [-0.2, 0) is 28.9 Å². The van der Waals surface area contributed by atoms with Crippen molar-refractivity contribution in [2.45, 2.75) is 12.8 Å². The van der Waals surface area contributed by atoms with Crippen molar-refractivity contribution >= 4 is 17.9 Å². The van der Waals surface area contributed by atoms with Gasteiger partial charge >= 0.3 is 17.9 Å². The van der Waals surface area contributed by atoms with Crippen LogP contribution in [0.2, 0.25) is 0 Å². The Hall–Kier alpha value is -1.67. The first-order chi connectivity index (χ1) is 7.02. The molecule has 8 heteroatoms. The molecule has 0 radical (unpaired) electrons. The molecule has 0 spiro atoms. The molecule has 15 heavy (non-hydrogen) atoms. The normalized spacial score (nSPS) is 9.60. The number of hydrogen-bond acceptors (Lipinski definition) is 6. The Bertz CT molecular complexity index is 235. The van der Waals surface area contributed by atoms with Crippen LogP contribution in [0.3, 0.4) is 0 Å². The Balaban J connectivity index is 3.27. The number of carbonyl (C=O) groups excluding carboxylic acids is 1. The van der Waals surface area contributed by atoms with Crippen LogP contribution in [0.4, 0.5) is 0 Å². The summed E-state index contributed by atoms with van der Waals surface area (Å²) in [4.78, 5) is 39.1. The summed E-state index contributed by atoms with van der Waals surface area (Å²) in [5.41, 5.74) is 0. The molecule has 0 fully saturated rings. The van der Waals surface area contributed by atoms with Gasteiger partial charge in [-0.2, -0.15) is 4.89 Å². The third kappa shape index (κ3) is 10.2. The van der Waals surface area contributed by atoms with E-state index in [0.717, 1.165) is 0 Å². The van der Waals surface area contributed by atoms with Crippen LogP contribution in [0, 0.1) is 0 Å². The number of carboxylic acid groups (broad SMARTS) is 2. The van der Waals surface area contributed by atoms with Crippen LogP contribution in [0.25, 0.3) is 0 Å². The van der Waals surface area contributed by atoms with E-state index in [0.29, 0.717) is 0 Å². The Morgan fingerprint density at radius 1 is 1.00 bits per heavy atom. The molecule has 0 unspecified atom stereocenters. The zero-order valence-electron chi connectivity index (χ0n) is 7.67. The largest absolute Gasteiger partial charge is 0.481 e. The van der Waals surface area contributed by atoms with Crippen LogP contribution in [-0.4, -0.2) is 41.5 Å². The SMILES string of the molecule is O=C(O)CCOOCOC(=O)CC(=O)O. The highest BCUT2D eigenvalue weighted by Crippen LogP contribution is 1.89. The number of carbonyl (C=O) groups is 3. The molecule has 0 aliphatic carbocycles. The van der Waals surface area contributed by atoms with E-state index in [2.05, 4.69) is 14.5 Å². The summed E-state index contributed by atoms with van der Waals surface area (Å²) in [6, 6.07) is 0. The Labute approximate surface area is 84.3 Å². The average Bonchev–Trinajstić information content (AvgIpc) is 2.09. The monoisotopic (exact) mass is 222 g/mol. The molecule has 0 aromatic carbocycles. The van der Waals surface area contributed by atoms with Crippen molar-refractivity contribution < 1.29 is 39.1 Å². The van der Waals surface area contributed by atoms with Crippen LogP contribution in [0.15, 0.2) is 0 Å². The molecular weight excluding hydrogens is 212 g/mol. The maximum absolute atomic E-state index is 10.6. The van der Waals surface area contributed by atoms with Crippen molar-refractivity contribution in [1.82, 2.24) is 0 Å². The van der Waals surface area contributed by atoms with Gasteiger partial charge in [0, 0.05) is 0 Å². The van der Waals surface area contributed by atoms with E-state index in [9.17, 15) is 14.4 Å². The van der Waals surface area contributed by atoms with E-state index in [1.54, 1.807) is 0 Å². The Kier molecular flexibility index (Phi) is 6.85. The van der Waals surface area contributed by atoms with E-state index < -0.39 is 31.1 Å². The van der Waals surface area contributed by atoms with Gasteiger partial charge in [0.25, 0.3) is 0 Å². The molecule has 0 amide bonds. The lowest BCUT2D eigenvalue weighted by Crippen LogP contribution is -2.13. The van der Waals surface area contributed by atoms with Gasteiger partial charge in [0.05, 0.1) is 13.0 Å².